The molecule has 0 aliphatic carbocycles. The second kappa shape index (κ2) is 11.3. The highest BCUT2D eigenvalue weighted by Gasteiger charge is 2.34. The van der Waals surface area contributed by atoms with E-state index >= 15 is 0 Å². The van der Waals surface area contributed by atoms with Crippen molar-refractivity contribution in [3.05, 3.63) is 82.5 Å². The Morgan fingerprint density at radius 3 is 2.42 bits per heavy atom. The van der Waals surface area contributed by atoms with Crippen molar-refractivity contribution >= 4 is 18.6 Å². The van der Waals surface area contributed by atoms with Crippen LogP contribution in [-0.2, 0) is 27.3 Å². The molecule has 0 saturated heterocycles. The number of benzene rings is 2. The zero-order chi connectivity index (χ0) is 23.8. The third kappa shape index (κ3) is 6.36. The van der Waals surface area contributed by atoms with Crippen LogP contribution in [0.4, 0.5) is 0 Å². The maximum absolute atomic E-state index is 13.2. The quantitative estimate of drug-likeness (QED) is 0.257. The molecule has 2 unspecified atom stereocenters. The smallest absolute Gasteiger partial charge is 0.350 e. The Morgan fingerprint density at radius 2 is 1.79 bits per heavy atom. The van der Waals surface area contributed by atoms with Gasteiger partial charge in [-0.3, -0.25) is 4.79 Å². The van der Waals surface area contributed by atoms with E-state index in [0.29, 0.717) is 38.2 Å². The fourth-order valence-corrected chi connectivity index (χ4v) is 4.05. The van der Waals surface area contributed by atoms with Gasteiger partial charge in [0.15, 0.2) is 0 Å². The molecular formula is C25H31N3O4S. The number of rotatable bonds is 11. The number of aryl methyl sites for hydroxylation is 1. The summed E-state index contributed by atoms with van der Waals surface area (Å²) >= 11 is 4.75. The molecule has 7 nitrogen and oxygen atoms in total. The molecule has 0 spiro atoms. The molecule has 33 heavy (non-hydrogen) atoms. The van der Waals surface area contributed by atoms with Crippen LogP contribution in [-0.4, -0.2) is 31.9 Å². The third-order valence-electron chi connectivity index (χ3n) is 5.51. The Hall–Kier alpha value is -2.84. The first-order chi connectivity index (χ1) is 15.9. The van der Waals surface area contributed by atoms with Gasteiger partial charge in [-0.1, -0.05) is 49.4 Å². The van der Waals surface area contributed by atoms with Gasteiger partial charge in [0, 0.05) is 6.42 Å². The molecule has 0 aliphatic heterocycles. The molecule has 3 rings (SSSR count). The van der Waals surface area contributed by atoms with E-state index < -0.39 is 4.93 Å². The standard InChI is InChI=1S/C25H31N3O4S/c1-4-22(25(3,33)32-17-20-9-7-6-8-10-20)28-24(30)27(18-26-28)21-14-11-19(12-15-21)13-16-23(29)31-5-2/h6-12,14-15,18,22,33H,4-5,13,16-17H2,1-3H3. The molecule has 0 radical (unpaired) electrons. The molecule has 0 aliphatic rings. The van der Waals surface area contributed by atoms with Gasteiger partial charge in [0.25, 0.3) is 0 Å². The summed E-state index contributed by atoms with van der Waals surface area (Å²) in [5.74, 6) is -0.214. The predicted molar refractivity (Wildman–Crippen MR) is 131 cm³/mol. The number of ether oxygens (including phenoxy) is 2. The van der Waals surface area contributed by atoms with Crippen LogP contribution >= 0.6 is 12.6 Å². The average Bonchev–Trinajstić information content (AvgIpc) is 3.19. The van der Waals surface area contributed by atoms with Gasteiger partial charge < -0.3 is 9.47 Å². The molecular weight excluding hydrogens is 438 g/mol. The number of aromatic nitrogens is 3. The number of hydrogen-bond donors (Lipinski definition) is 1. The number of carbonyl (C=O) groups is 1. The van der Waals surface area contributed by atoms with Crippen LogP contribution in [0, 0.1) is 0 Å². The first-order valence-electron chi connectivity index (χ1n) is 11.2. The second-order valence-electron chi connectivity index (χ2n) is 7.95. The van der Waals surface area contributed by atoms with E-state index in [1.54, 1.807) is 6.92 Å². The van der Waals surface area contributed by atoms with Crippen molar-refractivity contribution in [1.82, 2.24) is 14.3 Å². The van der Waals surface area contributed by atoms with Crippen molar-refractivity contribution in [3.63, 3.8) is 0 Å². The zero-order valence-corrected chi connectivity index (χ0v) is 20.2. The van der Waals surface area contributed by atoms with Gasteiger partial charge in [-0.25, -0.2) is 14.0 Å². The van der Waals surface area contributed by atoms with Crippen LogP contribution in [0.25, 0.3) is 5.69 Å². The molecule has 1 aromatic heterocycles. The molecule has 0 bridgehead atoms. The van der Waals surface area contributed by atoms with Gasteiger partial charge in [0.2, 0.25) is 0 Å². The summed E-state index contributed by atoms with van der Waals surface area (Å²) in [7, 11) is 0. The lowest BCUT2D eigenvalue weighted by Gasteiger charge is -2.32. The number of esters is 1. The van der Waals surface area contributed by atoms with Crippen molar-refractivity contribution < 1.29 is 14.3 Å². The van der Waals surface area contributed by atoms with Crippen LogP contribution < -0.4 is 5.69 Å². The first kappa shape index (κ1) is 24.8. The van der Waals surface area contributed by atoms with E-state index in [1.165, 1.54) is 15.6 Å². The lowest BCUT2D eigenvalue weighted by molar-refractivity contribution is -0.143. The summed E-state index contributed by atoms with van der Waals surface area (Å²) in [6.45, 7) is 6.40. The molecule has 0 N–H and O–H groups in total. The molecule has 0 amide bonds. The summed E-state index contributed by atoms with van der Waals surface area (Å²) in [5.41, 5.74) is 2.47. The highest BCUT2D eigenvalue weighted by molar-refractivity contribution is 7.81. The van der Waals surface area contributed by atoms with Gasteiger partial charge in [-0.05, 0) is 49.9 Å². The number of carbonyl (C=O) groups excluding carboxylic acids is 1. The van der Waals surface area contributed by atoms with Crippen LogP contribution in [0.3, 0.4) is 0 Å². The molecule has 1 heterocycles. The monoisotopic (exact) mass is 469 g/mol. The molecule has 0 fully saturated rings. The first-order valence-corrected chi connectivity index (χ1v) is 11.6. The minimum absolute atomic E-state index is 0.214. The maximum atomic E-state index is 13.2. The Morgan fingerprint density at radius 1 is 1.09 bits per heavy atom. The van der Waals surface area contributed by atoms with Crippen molar-refractivity contribution in [2.45, 2.75) is 57.6 Å². The van der Waals surface area contributed by atoms with E-state index in [1.807, 2.05) is 68.4 Å². The summed E-state index contributed by atoms with van der Waals surface area (Å²) in [4.78, 5) is 23.8. The number of hydrogen-bond acceptors (Lipinski definition) is 6. The third-order valence-corrected chi connectivity index (χ3v) is 5.93. The van der Waals surface area contributed by atoms with Crippen LogP contribution in [0.5, 0.6) is 0 Å². The minimum atomic E-state index is -0.898. The van der Waals surface area contributed by atoms with Crippen molar-refractivity contribution in [3.8, 4) is 5.69 Å². The van der Waals surface area contributed by atoms with Crippen molar-refractivity contribution in [1.29, 1.82) is 0 Å². The Bertz CT molecular complexity index is 1090. The predicted octanol–water partition coefficient (Wildman–Crippen LogP) is 4.34. The van der Waals surface area contributed by atoms with E-state index in [0.717, 1.165) is 11.1 Å². The molecule has 3 aromatic rings. The zero-order valence-electron chi connectivity index (χ0n) is 19.3. The lowest BCUT2D eigenvalue weighted by Crippen LogP contribution is -2.39. The highest BCUT2D eigenvalue weighted by atomic mass is 32.1. The summed E-state index contributed by atoms with van der Waals surface area (Å²) < 4.78 is 14.0. The van der Waals surface area contributed by atoms with Gasteiger partial charge in [-0.2, -0.15) is 5.10 Å². The fraction of sp³-hybridized carbons (Fsp3) is 0.400. The SMILES string of the molecule is CCOC(=O)CCc1ccc(-n2cnn(C(CC)C(C)(S)OCc3ccccc3)c2=O)cc1. The molecule has 2 aromatic carbocycles. The summed E-state index contributed by atoms with van der Waals surface area (Å²) in [6, 6.07) is 17.0. The largest absolute Gasteiger partial charge is 0.466 e. The second-order valence-corrected chi connectivity index (χ2v) is 8.84. The fourth-order valence-electron chi connectivity index (χ4n) is 3.69. The minimum Gasteiger partial charge on any atom is -0.466 e. The van der Waals surface area contributed by atoms with Gasteiger partial charge in [0.05, 0.1) is 24.9 Å². The Balaban J connectivity index is 1.73. The van der Waals surface area contributed by atoms with E-state index in [9.17, 15) is 9.59 Å². The average molecular weight is 470 g/mol. The van der Waals surface area contributed by atoms with E-state index in [2.05, 4.69) is 5.10 Å². The van der Waals surface area contributed by atoms with E-state index in [-0.39, 0.29) is 17.7 Å². The highest BCUT2D eigenvalue weighted by Crippen LogP contribution is 2.32. The molecule has 176 valence electrons. The molecule has 8 heteroatoms. The number of nitrogens with zero attached hydrogens (tertiary/aromatic N) is 3. The van der Waals surface area contributed by atoms with Crippen LogP contribution in [0.15, 0.2) is 65.7 Å². The lowest BCUT2D eigenvalue weighted by atomic mass is 10.1. The van der Waals surface area contributed by atoms with Crippen molar-refractivity contribution in [2.24, 2.45) is 0 Å². The Labute approximate surface area is 199 Å². The molecule has 0 saturated carbocycles. The van der Waals surface area contributed by atoms with E-state index in [4.69, 9.17) is 22.1 Å². The normalized spacial score (nSPS) is 13.9. The van der Waals surface area contributed by atoms with Crippen LogP contribution in [0.1, 0.15) is 50.8 Å². The molecule has 2 atom stereocenters. The van der Waals surface area contributed by atoms with Gasteiger partial charge in [0.1, 0.15) is 11.3 Å². The number of thiol groups is 1. The van der Waals surface area contributed by atoms with Crippen molar-refractivity contribution in [2.75, 3.05) is 6.61 Å². The van der Waals surface area contributed by atoms with Gasteiger partial charge in [-0.15, -0.1) is 12.6 Å². The summed E-state index contributed by atoms with van der Waals surface area (Å²) in [6.07, 6.45) is 3.05. The Kier molecular flexibility index (Phi) is 8.52. The summed E-state index contributed by atoms with van der Waals surface area (Å²) in [5, 5.41) is 4.36. The maximum Gasteiger partial charge on any atom is 0.350 e. The topological polar surface area (TPSA) is 75.3 Å². The van der Waals surface area contributed by atoms with Crippen LogP contribution in [0.2, 0.25) is 0 Å². The van der Waals surface area contributed by atoms with Gasteiger partial charge >= 0.3 is 11.7 Å².